The highest BCUT2D eigenvalue weighted by Gasteiger charge is 2.16. The Labute approximate surface area is 139 Å². The quantitative estimate of drug-likeness (QED) is 0.771. The van der Waals surface area contributed by atoms with E-state index in [-0.39, 0.29) is 5.43 Å². The molecule has 0 bridgehead atoms. The summed E-state index contributed by atoms with van der Waals surface area (Å²) in [5, 5.41) is 0.830. The molecular weight excluding hydrogens is 284 g/mol. The van der Waals surface area contributed by atoms with Crippen LogP contribution in [0.5, 0.6) is 0 Å². The molecule has 0 aliphatic heterocycles. The molecule has 3 nitrogen and oxygen atoms in total. The number of nitrogens with one attached hydrogen (secondary N) is 2. The highest BCUT2D eigenvalue weighted by atomic mass is 16.1. The fourth-order valence-corrected chi connectivity index (χ4v) is 3.18. The molecule has 0 aliphatic rings. The summed E-state index contributed by atoms with van der Waals surface area (Å²) in [6.07, 6.45) is 4.87. The average molecular weight is 315 g/mol. The van der Waals surface area contributed by atoms with Gasteiger partial charge in [0.05, 0.1) is 18.7 Å². The van der Waals surface area contributed by atoms with Crippen molar-refractivity contribution in [2.45, 2.75) is 59.9 Å². The first-order chi connectivity index (χ1) is 11.1. The smallest absolute Gasteiger partial charge is 0.198 e. The Balaban J connectivity index is 2.34. The number of H-pyrrole nitrogens is 1. The van der Waals surface area contributed by atoms with Gasteiger partial charge in [-0.05, 0) is 38.8 Å². The number of hydrogen-bond acceptors (Lipinski definition) is 1. The molecule has 0 amide bonds. The van der Waals surface area contributed by atoms with Gasteiger partial charge in [-0.1, -0.05) is 38.3 Å². The van der Waals surface area contributed by atoms with Crippen molar-refractivity contribution in [1.29, 1.82) is 0 Å². The molecule has 1 aromatic carbocycles. The minimum atomic E-state index is 0.213. The van der Waals surface area contributed by atoms with E-state index in [0.717, 1.165) is 47.4 Å². The molecule has 126 valence electrons. The third kappa shape index (κ3) is 4.44. The van der Waals surface area contributed by atoms with Crippen molar-refractivity contribution >= 4 is 10.9 Å². The Hall–Kier alpha value is -1.61. The van der Waals surface area contributed by atoms with E-state index in [1.165, 1.54) is 30.6 Å². The number of benzene rings is 1. The van der Waals surface area contributed by atoms with Crippen LogP contribution < -0.4 is 10.3 Å². The molecule has 0 fully saturated rings. The van der Waals surface area contributed by atoms with Gasteiger partial charge in [-0.25, -0.2) is 0 Å². The van der Waals surface area contributed by atoms with Crippen LogP contribution in [0.3, 0.4) is 0 Å². The predicted molar refractivity (Wildman–Crippen MR) is 98.3 cm³/mol. The second-order valence-corrected chi connectivity index (χ2v) is 6.74. The highest BCUT2D eigenvalue weighted by molar-refractivity contribution is 5.80. The minimum absolute atomic E-state index is 0.213. The van der Waals surface area contributed by atoms with E-state index < -0.39 is 0 Å². The lowest BCUT2D eigenvalue weighted by Crippen LogP contribution is -3.10. The third-order valence-electron chi connectivity index (χ3n) is 4.66. The molecule has 0 radical (unpaired) electrons. The van der Waals surface area contributed by atoms with E-state index in [9.17, 15) is 4.79 Å². The second-order valence-electron chi connectivity index (χ2n) is 6.74. The number of aromatic nitrogens is 1. The van der Waals surface area contributed by atoms with Crippen LogP contribution in [-0.2, 0) is 6.54 Å². The molecule has 1 heterocycles. The molecule has 0 unspecified atom stereocenters. The number of unbranched alkanes of at least 4 members (excludes halogenated alkanes) is 2. The Morgan fingerprint density at radius 2 is 1.70 bits per heavy atom. The largest absolute Gasteiger partial charge is 0.358 e. The zero-order valence-corrected chi connectivity index (χ0v) is 15.1. The van der Waals surface area contributed by atoms with E-state index in [2.05, 4.69) is 24.9 Å². The summed E-state index contributed by atoms with van der Waals surface area (Å²) < 4.78 is 0. The first-order valence-electron chi connectivity index (χ1n) is 9.02. The van der Waals surface area contributed by atoms with Crippen LogP contribution in [0.25, 0.3) is 10.9 Å². The molecule has 0 saturated heterocycles. The standard InChI is InChI=1S/C20H30N2O/c1-5-7-11-22(12-8-6-2)14-18-16(4)21-19-10-9-15(3)13-17(19)20(18)23/h9-10,13H,5-8,11-12,14H2,1-4H3,(H,21,23)/p+1. The lowest BCUT2D eigenvalue weighted by Gasteiger charge is -2.20. The number of hydrogen-bond donors (Lipinski definition) is 2. The normalized spacial score (nSPS) is 11.5. The predicted octanol–water partition coefficient (Wildman–Crippen LogP) is 3.13. The van der Waals surface area contributed by atoms with Gasteiger partial charge in [0, 0.05) is 16.6 Å². The van der Waals surface area contributed by atoms with E-state index in [0.29, 0.717) is 0 Å². The fourth-order valence-electron chi connectivity index (χ4n) is 3.18. The summed E-state index contributed by atoms with van der Waals surface area (Å²) in [7, 11) is 0. The highest BCUT2D eigenvalue weighted by Crippen LogP contribution is 2.12. The van der Waals surface area contributed by atoms with Crippen molar-refractivity contribution in [3.63, 3.8) is 0 Å². The lowest BCUT2D eigenvalue weighted by molar-refractivity contribution is -0.914. The van der Waals surface area contributed by atoms with Gasteiger partial charge < -0.3 is 9.88 Å². The third-order valence-corrected chi connectivity index (χ3v) is 4.66. The summed E-state index contributed by atoms with van der Waals surface area (Å²) in [5.74, 6) is 0. The van der Waals surface area contributed by atoms with Crippen molar-refractivity contribution in [3.05, 3.63) is 45.2 Å². The Morgan fingerprint density at radius 3 is 2.30 bits per heavy atom. The second kappa shape index (κ2) is 8.30. The zero-order valence-electron chi connectivity index (χ0n) is 15.1. The van der Waals surface area contributed by atoms with Gasteiger partial charge in [0.2, 0.25) is 0 Å². The molecule has 0 spiro atoms. The van der Waals surface area contributed by atoms with Crippen molar-refractivity contribution < 1.29 is 4.90 Å². The number of quaternary nitrogens is 1. The van der Waals surface area contributed by atoms with E-state index in [4.69, 9.17) is 0 Å². The van der Waals surface area contributed by atoms with Crippen LogP contribution in [0, 0.1) is 13.8 Å². The number of aryl methyl sites for hydroxylation is 2. The summed E-state index contributed by atoms with van der Waals surface area (Å²) in [4.78, 5) is 17.9. The van der Waals surface area contributed by atoms with Gasteiger partial charge >= 0.3 is 0 Å². The Kier molecular flexibility index (Phi) is 6.40. The average Bonchev–Trinajstić information content (AvgIpc) is 2.54. The maximum absolute atomic E-state index is 13.0. The number of pyridine rings is 1. The van der Waals surface area contributed by atoms with Crippen molar-refractivity contribution in [2.75, 3.05) is 13.1 Å². The van der Waals surface area contributed by atoms with Gasteiger partial charge in [0.25, 0.3) is 0 Å². The maximum atomic E-state index is 13.0. The Morgan fingerprint density at radius 1 is 1.04 bits per heavy atom. The molecule has 0 aliphatic carbocycles. The van der Waals surface area contributed by atoms with E-state index in [1.807, 2.05) is 26.0 Å². The van der Waals surface area contributed by atoms with Crippen molar-refractivity contribution in [3.8, 4) is 0 Å². The summed E-state index contributed by atoms with van der Waals surface area (Å²) >= 11 is 0. The molecule has 0 saturated carbocycles. The van der Waals surface area contributed by atoms with Gasteiger partial charge in [0.15, 0.2) is 5.43 Å². The number of fused-ring (bicyclic) bond motifs is 1. The summed E-state index contributed by atoms with van der Waals surface area (Å²) in [6, 6.07) is 6.08. The number of aromatic amines is 1. The van der Waals surface area contributed by atoms with Gasteiger partial charge in [-0.3, -0.25) is 4.79 Å². The van der Waals surface area contributed by atoms with Crippen molar-refractivity contribution in [2.24, 2.45) is 0 Å². The van der Waals surface area contributed by atoms with Gasteiger partial charge in [0.1, 0.15) is 6.54 Å². The Bertz CT molecular complexity index is 695. The van der Waals surface area contributed by atoms with Crippen LogP contribution in [-0.4, -0.2) is 18.1 Å². The lowest BCUT2D eigenvalue weighted by atomic mass is 10.1. The first kappa shape index (κ1) is 17.7. The number of rotatable bonds is 8. The summed E-state index contributed by atoms with van der Waals surface area (Å²) in [6.45, 7) is 11.7. The van der Waals surface area contributed by atoms with Crippen LogP contribution in [0.2, 0.25) is 0 Å². The molecule has 1 aromatic heterocycles. The monoisotopic (exact) mass is 315 g/mol. The molecule has 0 atom stereocenters. The first-order valence-corrected chi connectivity index (χ1v) is 9.02. The molecule has 2 N–H and O–H groups in total. The van der Waals surface area contributed by atoms with E-state index in [1.54, 1.807) is 0 Å². The van der Waals surface area contributed by atoms with Crippen LogP contribution in [0.1, 0.15) is 56.4 Å². The van der Waals surface area contributed by atoms with Gasteiger partial charge in [-0.15, -0.1) is 0 Å². The van der Waals surface area contributed by atoms with Crippen LogP contribution in [0.4, 0.5) is 0 Å². The molecular formula is C20H31N2O+. The van der Waals surface area contributed by atoms with Crippen molar-refractivity contribution in [1.82, 2.24) is 4.98 Å². The molecule has 2 aromatic rings. The molecule has 23 heavy (non-hydrogen) atoms. The topological polar surface area (TPSA) is 37.3 Å². The SMILES string of the molecule is CCCC[NH+](CCCC)Cc1c(C)[nH]c2ccc(C)cc2c1=O. The van der Waals surface area contributed by atoms with Gasteiger partial charge in [-0.2, -0.15) is 0 Å². The summed E-state index contributed by atoms with van der Waals surface area (Å²) in [5.41, 5.74) is 4.29. The maximum Gasteiger partial charge on any atom is 0.198 e. The minimum Gasteiger partial charge on any atom is -0.358 e. The molecule has 2 rings (SSSR count). The van der Waals surface area contributed by atoms with Crippen LogP contribution in [0.15, 0.2) is 23.0 Å². The molecule has 3 heteroatoms. The van der Waals surface area contributed by atoms with E-state index >= 15 is 0 Å². The zero-order chi connectivity index (χ0) is 16.8. The fraction of sp³-hybridized carbons (Fsp3) is 0.550. The van der Waals surface area contributed by atoms with Crippen LogP contribution >= 0.6 is 0 Å².